The van der Waals surface area contributed by atoms with Crippen LogP contribution in [0.15, 0.2) is 24.3 Å². The minimum Gasteiger partial charge on any atom is -0.480 e. The van der Waals surface area contributed by atoms with Gasteiger partial charge in [-0.3, -0.25) is 9.59 Å². The van der Waals surface area contributed by atoms with Gasteiger partial charge in [-0.25, -0.2) is 0 Å². The van der Waals surface area contributed by atoms with Crippen LogP contribution in [0.2, 0.25) is 5.02 Å². The van der Waals surface area contributed by atoms with Crippen LogP contribution in [0.5, 0.6) is 0 Å². The Morgan fingerprint density at radius 3 is 2.57 bits per heavy atom. The van der Waals surface area contributed by atoms with E-state index < -0.39 is 23.5 Å². The second-order valence-corrected chi connectivity index (χ2v) is 5.27. The number of carbonyl (C=O) groups is 2. The number of carbonyl (C=O) groups excluding carboxylic acids is 1. The van der Waals surface area contributed by atoms with E-state index in [1.54, 1.807) is 19.1 Å². The van der Waals surface area contributed by atoms with E-state index in [9.17, 15) is 19.8 Å². The van der Waals surface area contributed by atoms with Gasteiger partial charge in [0.1, 0.15) is 0 Å². The molecule has 1 aromatic rings. The monoisotopic (exact) mass is 314 g/mol. The molecule has 0 heterocycles. The van der Waals surface area contributed by atoms with Gasteiger partial charge in [0.25, 0.3) is 0 Å². The summed E-state index contributed by atoms with van der Waals surface area (Å²) >= 11 is 5.91. The average molecular weight is 315 g/mol. The minimum absolute atomic E-state index is 0.0703. The first-order valence-electron chi connectivity index (χ1n) is 6.69. The molecule has 0 fully saturated rings. The number of esters is 1. The number of hydrogen-bond donors (Lipinski definition) is 2. The van der Waals surface area contributed by atoms with Gasteiger partial charge in [0.15, 0.2) is 5.41 Å². The van der Waals surface area contributed by atoms with Crippen LogP contribution in [0.25, 0.3) is 0 Å². The molecule has 1 aromatic carbocycles. The number of ether oxygens (including phenoxy) is 1. The van der Waals surface area contributed by atoms with Gasteiger partial charge in [0.2, 0.25) is 0 Å². The van der Waals surface area contributed by atoms with Gasteiger partial charge in [-0.05, 0) is 44.4 Å². The molecule has 116 valence electrons. The Bertz CT molecular complexity index is 515. The van der Waals surface area contributed by atoms with Crippen LogP contribution in [0, 0.1) is 0 Å². The lowest BCUT2D eigenvalue weighted by molar-refractivity contribution is -0.162. The Hall–Kier alpha value is -1.59. The highest BCUT2D eigenvalue weighted by molar-refractivity contribution is 6.30. The molecule has 0 saturated heterocycles. The molecule has 21 heavy (non-hydrogen) atoms. The topological polar surface area (TPSA) is 83.8 Å². The zero-order valence-corrected chi connectivity index (χ0v) is 12.8. The molecular formula is C15H19ClO5. The summed E-state index contributed by atoms with van der Waals surface area (Å²) in [5.41, 5.74) is -1.61. The summed E-state index contributed by atoms with van der Waals surface area (Å²) in [4.78, 5) is 24.1. The van der Waals surface area contributed by atoms with Crippen molar-refractivity contribution in [2.75, 3.05) is 6.61 Å². The van der Waals surface area contributed by atoms with Crippen LogP contribution in [-0.2, 0) is 19.7 Å². The van der Waals surface area contributed by atoms with Crippen LogP contribution >= 0.6 is 11.6 Å². The zero-order valence-electron chi connectivity index (χ0n) is 12.0. The summed E-state index contributed by atoms with van der Waals surface area (Å²) in [5.74, 6) is -2.16. The van der Waals surface area contributed by atoms with Gasteiger partial charge >= 0.3 is 11.9 Å². The van der Waals surface area contributed by atoms with Gasteiger partial charge < -0.3 is 14.9 Å². The van der Waals surface area contributed by atoms with E-state index in [0.717, 1.165) is 0 Å². The van der Waals surface area contributed by atoms with Crippen LogP contribution in [0.4, 0.5) is 0 Å². The maximum atomic E-state index is 12.3. The molecule has 0 saturated carbocycles. The van der Waals surface area contributed by atoms with E-state index in [4.69, 9.17) is 16.3 Å². The quantitative estimate of drug-likeness (QED) is 0.596. The van der Waals surface area contributed by atoms with Crippen LogP contribution < -0.4 is 0 Å². The lowest BCUT2D eigenvalue weighted by Gasteiger charge is -2.28. The summed E-state index contributed by atoms with van der Waals surface area (Å²) in [7, 11) is 0. The van der Waals surface area contributed by atoms with Crippen molar-refractivity contribution >= 4 is 23.5 Å². The van der Waals surface area contributed by atoms with E-state index >= 15 is 0 Å². The van der Waals surface area contributed by atoms with E-state index in [1.807, 2.05) is 0 Å². The molecular weight excluding hydrogens is 296 g/mol. The number of carboxylic acids is 1. The summed E-state index contributed by atoms with van der Waals surface area (Å²) < 4.78 is 4.95. The molecule has 2 N–H and O–H groups in total. The molecule has 0 aliphatic carbocycles. The third kappa shape index (κ3) is 3.95. The highest BCUT2D eigenvalue weighted by Crippen LogP contribution is 2.33. The fourth-order valence-corrected chi connectivity index (χ4v) is 2.31. The largest absolute Gasteiger partial charge is 0.480 e. The van der Waals surface area contributed by atoms with Crippen molar-refractivity contribution in [3.63, 3.8) is 0 Å². The number of rotatable bonds is 7. The molecule has 0 aromatic heterocycles. The summed E-state index contributed by atoms with van der Waals surface area (Å²) in [6.45, 7) is 3.22. The van der Waals surface area contributed by atoms with Crippen molar-refractivity contribution in [1.82, 2.24) is 0 Å². The maximum absolute atomic E-state index is 12.3. The lowest BCUT2D eigenvalue weighted by Crippen LogP contribution is -2.45. The predicted octanol–water partition coefficient (Wildman–Crippen LogP) is 2.39. The van der Waals surface area contributed by atoms with Gasteiger partial charge in [0.05, 0.1) is 12.7 Å². The van der Waals surface area contributed by atoms with Gasteiger partial charge in [0, 0.05) is 5.02 Å². The molecule has 2 atom stereocenters. The first-order chi connectivity index (χ1) is 9.84. The smallest absolute Gasteiger partial charge is 0.328 e. The Kier molecular flexibility index (Phi) is 6.18. The SMILES string of the molecule is CCOC(=O)C(CCC(C)O)(C(=O)O)c1cccc(Cl)c1. The zero-order chi connectivity index (χ0) is 16.0. The Morgan fingerprint density at radius 1 is 1.43 bits per heavy atom. The Labute approximate surface area is 128 Å². The average Bonchev–Trinajstić information content (AvgIpc) is 2.39. The number of hydrogen-bond acceptors (Lipinski definition) is 4. The summed E-state index contributed by atoms with van der Waals surface area (Å²) in [6.07, 6.45) is -0.645. The number of halogens is 1. The molecule has 0 aliphatic rings. The van der Waals surface area contributed by atoms with Crippen molar-refractivity contribution in [2.24, 2.45) is 0 Å². The minimum atomic E-state index is -1.86. The maximum Gasteiger partial charge on any atom is 0.328 e. The molecule has 0 radical (unpaired) electrons. The number of aliphatic hydroxyl groups is 1. The normalized spacial score (nSPS) is 15.0. The van der Waals surface area contributed by atoms with Crippen LogP contribution in [-0.4, -0.2) is 34.9 Å². The first-order valence-corrected chi connectivity index (χ1v) is 7.07. The Balaban J connectivity index is 3.36. The predicted molar refractivity (Wildman–Crippen MR) is 78.3 cm³/mol. The van der Waals surface area contributed by atoms with Crippen molar-refractivity contribution in [2.45, 2.75) is 38.2 Å². The second-order valence-electron chi connectivity index (χ2n) is 4.83. The standard InChI is InChI=1S/C15H19ClO5/c1-3-21-14(20)15(13(18)19,8-7-10(2)17)11-5-4-6-12(16)9-11/h4-6,9-10,17H,3,7-8H2,1-2H3,(H,18,19). The number of benzene rings is 1. The molecule has 6 heteroatoms. The van der Waals surface area contributed by atoms with E-state index in [2.05, 4.69) is 0 Å². The fourth-order valence-electron chi connectivity index (χ4n) is 2.12. The molecule has 2 unspecified atom stereocenters. The number of carboxylic acid groups (broad SMARTS) is 1. The fraction of sp³-hybridized carbons (Fsp3) is 0.467. The molecule has 0 bridgehead atoms. The van der Waals surface area contributed by atoms with Crippen molar-refractivity contribution in [1.29, 1.82) is 0 Å². The van der Waals surface area contributed by atoms with Crippen molar-refractivity contribution in [3.05, 3.63) is 34.9 Å². The third-order valence-electron chi connectivity index (χ3n) is 3.24. The van der Waals surface area contributed by atoms with E-state index in [1.165, 1.54) is 19.1 Å². The van der Waals surface area contributed by atoms with Crippen LogP contribution in [0.1, 0.15) is 32.3 Å². The summed E-state index contributed by atoms with van der Waals surface area (Å²) in [5, 5.41) is 19.4. The van der Waals surface area contributed by atoms with Crippen molar-refractivity contribution in [3.8, 4) is 0 Å². The molecule has 0 aliphatic heterocycles. The molecule has 0 spiro atoms. The third-order valence-corrected chi connectivity index (χ3v) is 3.48. The molecule has 5 nitrogen and oxygen atoms in total. The first kappa shape index (κ1) is 17.5. The van der Waals surface area contributed by atoms with Crippen LogP contribution in [0.3, 0.4) is 0 Å². The van der Waals surface area contributed by atoms with E-state index in [0.29, 0.717) is 5.02 Å². The Morgan fingerprint density at radius 2 is 2.10 bits per heavy atom. The van der Waals surface area contributed by atoms with Gasteiger partial charge in [-0.15, -0.1) is 0 Å². The van der Waals surface area contributed by atoms with Gasteiger partial charge in [-0.1, -0.05) is 23.7 Å². The summed E-state index contributed by atoms with van der Waals surface area (Å²) in [6, 6.07) is 6.14. The highest BCUT2D eigenvalue weighted by Gasteiger charge is 2.49. The number of aliphatic hydroxyl groups excluding tert-OH is 1. The van der Waals surface area contributed by atoms with Gasteiger partial charge in [-0.2, -0.15) is 0 Å². The molecule has 1 rings (SSSR count). The van der Waals surface area contributed by atoms with Crippen molar-refractivity contribution < 1.29 is 24.5 Å². The number of aliphatic carboxylic acids is 1. The van der Waals surface area contributed by atoms with E-state index in [-0.39, 0.29) is 25.0 Å². The lowest BCUT2D eigenvalue weighted by atomic mass is 9.76. The highest BCUT2D eigenvalue weighted by atomic mass is 35.5. The molecule has 0 amide bonds. The second kappa shape index (κ2) is 7.43.